The van der Waals surface area contributed by atoms with Crippen molar-refractivity contribution in [1.82, 2.24) is 13.7 Å². The number of aliphatic carboxylic acids is 1. The molecule has 2 unspecified atom stereocenters. The van der Waals surface area contributed by atoms with Gasteiger partial charge in [-0.2, -0.15) is 19.2 Å². The lowest BCUT2D eigenvalue weighted by Gasteiger charge is -2.05. The van der Waals surface area contributed by atoms with Crippen LogP contribution in [0, 0.1) is 0 Å². The molecule has 0 aliphatic carbocycles. The summed E-state index contributed by atoms with van der Waals surface area (Å²) in [5.74, 6) is -1.25. The van der Waals surface area contributed by atoms with Crippen molar-refractivity contribution >= 4 is 41.4 Å². The van der Waals surface area contributed by atoms with Crippen LogP contribution in [0.15, 0.2) is 127 Å². The van der Waals surface area contributed by atoms with Gasteiger partial charge in [-0.3, -0.25) is 24.0 Å². The number of nitrogens with zero attached hydrogens (tertiary/aromatic N) is 3. The van der Waals surface area contributed by atoms with E-state index in [2.05, 4.69) is 0 Å². The van der Waals surface area contributed by atoms with Crippen molar-refractivity contribution in [3.8, 4) is 0 Å². The third kappa shape index (κ3) is 9.67. The molecule has 14 nitrogen and oxygen atoms in total. The number of benzene rings is 3. The van der Waals surface area contributed by atoms with E-state index >= 15 is 0 Å². The number of carbonyl (C=O) groups is 5. The number of carboxylic acids is 1. The van der Waals surface area contributed by atoms with E-state index in [4.69, 9.17) is 24.3 Å². The van der Waals surface area contributed by atoms with Crippen LogP contribution < -0.4 is 0 Å². The van der Waals surface area contributed by atoms with Gasteiger partial charge < -0.3 is 23.9 Å². The van der Waals surface area contributed by atoms with Crippen molar-refractivity contribution in [3.05, 3.63) is 178 Å². The first kappa shape index (κ1) is 42.5. The van der Waals surface area contributed by atoms with Crippen molar-refractivity contribution in [3.63, 3.8) is 0 Å². The van der Waals surface area contributed by atoms with Crippen molar-refractivity contribution in [2.45, 2.75) is 50.9 Å². The summed E-state index contributed by atoms with van der Waals surface area (Å²) in [5, 5.41) is 18.8. The molecule has 0 radical (unpaired) electrons. The van der Waals surface area contributed by atoms with Crippen molar-refractivity contribution in [2.75, 3.05) is 0 Å². The molecule has 2 N–H and O–H groups in total. The fourth-order valence-corrected chi connectivity index (χ4v) is 7.22. The average Bonchev–Trinajstić information content (AvgIpc) is 4.12. The summed E-state index contributed by atoms with van der Waals surface area (Å²) < 4.78 is 5.56. The Bertz CT molecular complexity index is 2510. The molecular weight excluding hydrogens is 759 g/mol. The zero-order chi connectivity index (χ0) is 42.5. The number of carbonyl (C=O) groups excluding carboxylic acids is 8. The highest BCUT2D eigenvalue weighted by atomic mass is 16.4. The summed E-state index contributed by atoms with van der Waals surface area (Å²) in [6, 6.07) is 38.0. The van der Waals surface area contributed by atoms with Crippen molar-refractivity contribution < 1.29 is 53.4 Å². The van der Waals surface area contributed by atoms with Crippen molar-refractivity contribution in [1.29, 1.82) is 0 Å². The fraction of sp³-hybridized carbons (Fsp3) is 0.178. The van der Waals surface area contributed by atoms with Gasteiger partial charge in [0.1, 0.15) is 0 Å². The minimum atomic E-state index is -0.824. The first-order valence-corrected chi connectivity index (χ1v) is 18.4. The largest absolute Gasteiger partial charge is 0.481 e. The molecule has 6 aromatic rings. The molecular formula is C45H37N3O11. The zero-order valence-electron chi connectivity index (χ0n) is 31.4. The van der Waals surface area contributed by atoms with E-state index in [9.17, 15) is 29.1 Å². The van der Waals surface area contributed by atoms with Gasteiger partial charge in [-0.15, -0.1) is 0 Å². The van der Waals surface area contributed by atoms with Crippen LogP contribution in [0.4, 0.5) is 0 Å². The van der Waals surface area contributed by atoms with Crippen LogP contribution in [0.25, 0.3) is 0 Å². The van der Waals surface area contributed by atoms with Gasteiger partial charge in [0.2, 0.25) is 17.3 Å². The second-order valence-corrected chi connectivity index (χ2v) is 13.3. The van der Waals surface area contributed by atoms with Gasteiger partial charge in [-0.05, 0) is 49.2 Å². The number of hydrogen-bond acceptors (Lipinski definition) is 10. The summed E-state index contributed by atoms with van der Waals surface area (Å²) in [4.78, 5) is 92.0. The summed E-state index contributed by atoms with van der Waals surface area (Å²) in [5.41, 5.74) is 6.06. The predicted molar refractivity (Wildman–Crippen MR) is 206 cm³/mol. The molecule has 3 aromatic heterocycles. The number of aliphatic hydroxyl groups is 1. The van der Waals surface area contributed by atoms with E-state index in [0.29, 0.717) is 71.8 Å². The van der Waals surface area contributed by atoms with E-state index < -0.39 is 18.0 Å². The number of Topliss-reactive ketones (excluding diaryl/α,β-unsaturated/α-hetero) is 1. The fourth-order valence-electron chi connectivity index (χ4n) is 7.22. The maximum absolute atomic E-state index is 12.4. The number of aromatic nitrogens is 3. The highest BCUT2D eigenvalue weighted by molar-refractivity contribution is 6.10. The highest BCUT2D eigenvalue weighted by Crippen LogP contribution is 2.32. The summed E-state index contributed by atoms with van der Waals surface area (Å²) >= 11 is 0. The lowest BCUT2D eigenvalue weighted by atomic mass is 10.1. The monoisotopic (exact) mass is 795 g/mol. The van der Waals surface area contributed by atoms with Gasteiger partial charge in [-0.1, -0.05) is 91.0 Å². The van der Waals surface area contributed by atoms with Crippen molar-refractivity contribution in [2.24, 2.45) is 0 Å². The lowest BCUT2D eigenvalue weighted by molar-refractivity contribution is -0.193. The molecule has 14 heteroatoms. The number of ketones is 4. The molecule has 0 bridgehead atoms. The van der Waals surface area contributed by atoms with Gasteiger partial charge in [0.25, 0.3) is 0 Å². The molecule has 3 aliphatic heterocycles. The predicted octanol–water partition coefficient (Wildman–Crippen LogP) is 5.59. The Kier molecular flexibility index (Phi) is 14.4. The molecule has 0 fully saturated rings. The third-order valence-electron chi connectivity index (χ3n) is 9.93. The van der Waals surface area contributed by atoms with Crippen LogP contribution in [-0.2, 0) is 43.6 Å². The molecule has 59 heavy (non-hydrogen) atoms. The Morgan fingerprint density at radius 1 is 0.508 bits per heavy atom. The minimum absolute atomic E-state index is 0.0194. The van der Waals surface area contributed by atoms with E-state index in [-0.39, 0.29) is 35.4 Å². The highest BCUT2D eigenvalue weighted by Gasteiger charge is 2.32. The topological polar surface area (TPSA) is 209 Å². The molecule has 0 saturated carbocycles. The standard InChI is InChI=1S/C15H13NO3.C14H13NO2.C14H11NO2.2CO2/c17-14(10-4-2-1-3-5-10)13-7-6-12-11(15(18)19)8-9-16(12)13;2*16-13-8-9-15-11(13)6-7-12(15)14(17)10-4-2-1-3-5-10;2*2-1-3/h1-7,11H,8-9H2,(H,18,19);1-7,13,16H,8-9H2;1-7H,8-9H2;;. The average molecular weight is 796 g/mol. The molecule has 0 saturated heterocycles. The quantitative estimate of drug-likeness (QED) is 0.191. The minimum Gasteiger partial charge on any atom is -0.481 e. The Morgan fingerprint density at radius 3 is 1.36 bits per heavy atom. The van der Waals surface area contributed by atoms with E-state index in [1.165, 1.54) is 0 Å². The molecule has 6 heterocycles. The number of aliphatic hydroxyl groups excluding tert-OH is 1. The zero-order valence-corrected chi connectivity index (χ0v) is 31.4. The Hall–Kier alpha value is -7.63. The Labute approximate surface area is 336 Å². The summed E-state index contributed by atoms with van der Waals surface area (Å²) in [6.45, 7) is 1.93. The van der Waals surface area contributed by atoms with Gasteiger partial charge in [-0.25, -0.2) is 0 Å². The normalized spacial score (nSPS) is 15.0. The molecule has 0 amide bonds. The number of fused-ring (bicyclic) bond motifs is 3. The van der Waals surface area contributed by atoms with E-state index in [0.717, 1.165) is 17.9 Å². The Morgan fingerprint density at radius 2 is 0.898 bits per heavy atom. The van der Waals surface area contributed by atoms with Crippen LogP contribution in [0.2, 0.25) is 0 Å². The van der Waals surface area contributed by atoms with Gasteiger partial charge in [0.15, 0.2) is 5.78 Å². The molecule has 298 valence electrons. The number of rotatable bonds is 7. The second-order valence-electron chi connectivity index (χ2n) is 13.3. The maximum Gasteiger partial charge on any atom is 0.373 e. The SMILES string of the molecule is O=C(c1ccccc1)c1ccc2n1CCC2C(=O)O.O=C(c1ccccc1)c1ccc2n1CCC2O.O=C1CCn2c1ccc2C(=O)c1ccccc1.O=C=O.O=C=O. The van der Waals surface area contributed by atoms with Crippen LogP contribution >= 0.6 is 0 Å². The Balaban J connectivity index is 0.000000158. The first-order chi connectivity index (χ1) is 28.6. The van der Waals surface area contributed by atoms with Gasteiger partial charge >= 0.3 is 18.3 Å². The summed E-state index contributed by atoms with van der Waals surface area (Å²) in [6.07, 6.45) is 1.84. The number of carboxylic acid groups (broad SMARTS) is 1. The maximum atomic E-state index is 12.4. The molecule has 3 aromatic carbocycles. The lowest BCUT2D eigenvalue weighted by Crippen LogP contribution is -2.09. The van der Waals surface area contributed by atoms with Crippen LogP contribution in [-0.4, -0.2) is 65.3 Å². The third-order valence-corrected chi connectivity index (χ3v) is 9.93. The molecule has 2 atom stereocenters. The molecule has 3 aliphatic rings. The van der Waals surface area contributed by atoms with E-state index in [1.54, 1.807) is 54.6 Å². The summed E-state index contributed by atoms with van der Waals surface area (Å²) in [7, 11) is 0. The van der Waals surface area contributed by atoms with Gasteiger partial charge in [0, 0.05) is 54.1 Å². The van der Waals surface area contributed by atoms with Gasteiger partial charge in [0.05, 0.1) is 34.8 Å². The molecule has 9 rings (SSSR count). The van der Waals surface area contributed by atoms with E-state index in [1.807, 2.05) is 86.5 Å². The second kappa shape index (κ2) is 20.0. The smallest absolute Gasteiger partial charge is 0.373 e. The number of hydrogen-bond donors (Lipinski definition) is 2. The van der Waals surface area contributed by atoms with Crippen LogP contribution in [0.5, 0.6) is 0 Å². The first-order valence-electron chi connectivity index (χ1n) is 18.4. The van der Waals surface area contributed by atoms with Crippen LogP contribution in [0.3, 0.4) is 0 Å². The molecule has 0 spiro atoms. The van der Waals surface area contributed by atoms with Crippen LogP contribution in [0.1, 0.15) is 101 Å².